The molecule has 7 heteroatoms. The molecule has 0 aliphatic carbocycles. The fourth-order valence-electron chi connectivity index (χ4n) is 0. The Labute approximate surface area is 117 Å². The quantitative estimate of drug-likeness (QED) is 0.422. The van der Waals surface area contributed by atoms with E-state index in [1.165, 1.54) is 0 Å². The maximum absolute atomic E-state index is 8.06. The molecule has 16 heavy (non-hydrogen) atoms. The Morgan fingerprint density at radius 1 is 0.500 bits per heavy atom. The van der Waals surface area contributed by atoms with Gasteiger partial charge in [-0.15, -0.1) is 0 Å². The van der Waals surface area contributed by atoms with Crippen molar-refractivity contribution in [2.45, 2.75) is 59.9 Å². The van der Waals surface area contributed by atoms with Crippen LogP contribution in [0.2, 0.25) is 0 Å². The van der Waals surface area contributed by atoms with Crippen LogP contribution in [-0.2, 0) is 25.8 Å². The topological polar surface area (TPSA) is 155 Å². The number of hydrogen-bond donors (Lipinski definition) is 3. The van der Waals surface area contributed by atoms with E-state index in [1.807, 2.05) is 0 Å². The molecule has 0 bridgehead atoms. The first kappa shape index (κ1) is 43.8. The second kappa shape index (κ2) is 36.1. The van der Waals surface area contributed by atoms with Crippen LogP contribution in [-0.4, -0.2) is 50.1 Å². The van der Waals surface area contributed by atoms with E-state index in [1.54, 1.807) is 41.5 Å². The number of aliphatic hydroxyl groups excluding tert-OH is 3. The van der Waals surface area contributed by atoms with E-state index >= 15 is 0 Å². The van der Waals surface area contributed by atoms with Gasteiger partial charge in [-0.1, -0.05) is 0 Å². The van der Waals surface area contributed by atoms with E-state index in [2.05, 4.69) is 0 Å². The molecule has 0 radical (unpaired) electrons. The molecule has 0 aromatic carbocycles. The first-order valence-corrected chi connectivity index (χ1v) is 4.24. The molecule has 0 saturated heterocycles. The SMILES string of the molecule is CC(C)O.CC(C)O.CC(C)O.O.O.O.[Hf]. The van der Waals surface area contributed by atoms with Crippen molar-refractivity contribution >= 4 is 0 Å². The Balaban J connectivity index is -0.0000000135. The summed E-state index contributed by atoms with van der Waals surface area (Å²) in [6.07, 6.45) is -0.500. The van der Waals surface area contributed by atoms with Gasteiger partial charge in [0.05, 0.1) is 0 Å². The maximum Gasteiger partial charge on any atom is 0.0483 e. The molecule has 0 unspecified atom stereocenters. The molecule has 0 amide bonds. The minimum Gasteiger partial charge on any atom is -0.412 e. The second-order valence-electron chi connectivity index (χ2n) is 3.28. The van der Waals surface area contributed by atoms with Gasteiger partial charge in [0, 0.05) is 44.2 Å². The van der Waals surface area contributed by atoms with E-state index in [4.69, 9.17) is 15.3 Å². The normalized spacial score (nSPS) is 6.75. The van der Waals surface area contributed by atoms with Crippen molar-refractivity contribution < 1.29 is 57.6 Å². The zero-order chi connectivity index (χ0) is 10.7. The van der Waals surface area contributed by atoms with Crippen molar-refractivity contribution in [3.63, 3.8) is 0 Å². The average molecular weight is 413 g/mol. The fourth-order valence-corrected chi connectivity index (χ4v) is 0. The van der Waals surface area contributed by atoms with E-state index in [0.29, 0.717) is 0 Å². The van der Waals surface area contributed by atoms with Crippen molar-refractivity contribution in [3.05, 3.63) is 0 Å². The monoisotopic (exact) mass is 414 g/mol. The maximum atomic E-state index is 8.06. The summed E-state index contributed by atoms with van der Waals surface area (Å²) >= 11 is 0. The van der Waals surface area contributed by atoms with Gasteiger partial charge in [-0.05, 0) is 41.5 Å². The molecule has 0 aromatic rings. The van der Waals surface area contributed by atoms with Gasteiger partial charge < -0.3 is 31.7 Å². The van der Waals surface area contributed by atoms with E-state index in [0.717, 1.165) is 0 Å². The summed E-state index contributed by atoms with van der Waals surface area (Å²) in [5.74, 6) is 0. The zero-order valence-electron chi connectivity index (χ0n) is 11.1. The van der Waals surface area contributed by atoms with E-state index in [-0.39, 0.29) is 60.6 Å². The van der Waals surface area contributed by atoms with Gasteiger partial charge in [-0.2, -0.15) is 0 Å². The molecule has 0 rings (SSSR count). The Bertz CT molecular complexity index is 48.5. The van der Waals surface area contributed by atoms with Gasteiger partial charge in [0.2, 0.25) is 0 Å². The van der Waals surface area contributed by atoms with Crippen LogP contribution >= 0.6 is 0 Å². The van der Waals surface area contributed by atoms with Crippen LogP contribution in [0.4, 0.5) is 0 Å². The molecule has 0 spiro atoms. The van der Waals surface area contributed by atoms with Gasteiger partial charge in [-0.25, -0.2) is 0 Å². The van der Waals surface area contributed by atoms with Crippen LogP contribution < -0.4 is 0 Å². The predicted octanol–water partition coefficient (Wildman–Crippen LogP) is -1.32. The minimum atomic E-state index is -0.167. The molecule has 106 valence electrons. The molecule has 0 heterocycles. The summed E-state index contributed by atoms with van der Waals surface area (Å²) in [5.41, 5.74) is 0. The number of aliphatic hydroxyl groups is 3. The van der Waals surface area contributed by atoms with Crippen molar-refractivity contribution in [2.75, 3.05) is 0 Å². The van der Waals surface area contributed by atoms with Gasteiger partial charge in [0.15, 0.2) is 0 Å². The van der Waals surface area contributed by atoms with Crippen LogP contribution in [0.3, 0.4) is 0 Å². The van der Waals surface area contributed by atoms with Crippen LogP contribution in [0.1, 0.15) is 41.5 Å². The van der Waals surface area contributed by atoms with Crippen molar-refractivity contribution in [1.29, 1.82) is 0 Å². The summed E-state index contributed by atoms with van der Waals surface area (Å²) in [5, 5.41) is 24.2. The molecule has 6 nitrogen and oxygen atoms in total. The third-order valence-corrected chi connectivity index (χ3v) is 0. The largest absolute Gasteiger partial charge is 0.412 e. The Kier molecular flexibility index (Phi) is 98.8. The number of hydrogen-bond acceptors (Lipinski definition) is 3. The fraction of sp³-hybridized carbons (Fsp3) is 1.00. The summed E-state index contributed by atoms with van der Waals surface area (Å²) in [4.78, 5) is 0. The van der Waals surface area contributed by atoms with Crippen LogP contribution in [0.25, 0.3) is 0 Å². The van der Waals surface area contributed by atoms with Crippen LogP contribution in [0.5, 0.6) is 0 Å². The summed E-state index contributed by atoms with van der Waals surface area (Å²) < 4.78 is 0. The van der Waals surface area contributed by atoms with Gasteiger partial charge in [0.1, 0.15) is 0 Å². The first-order valence-electron chi connectivity index (χ1n) is 4.24. The van der Waals surface area contributed by atoms with Crippen LogP contribution in [0.15, 0.2) is 0 Å². The molecule has 0 aliphatic heterocycles. The molecule has 9 N–H and O–H groups in total. The van der Waals surface area contributed by atoms with E-state index in [9.17, 15) is 0 Å². The first-order chi connectivity index (χ1) is 5.20. The molecule has 0 saturated carbocycles. The van der Waals surface area contributed by atoms with Crippen molar-refractivity contribution in [2.24, 2.45) is 0 Å². The third kappa shape index (κ3) is 6850. The van der Waals surface area contributed by atoms with Crippen molar-refractivity contribution in [1.82, 2.24) is 0 Å². The summed E-state index contributed by atoms with van der Waals surface area (Å²) in [6, 6.07) is 0. The van der Waals surface area contributed by atoms with Crippen molar-refractivity contribution in [3.8, 4) is 0 Å². The van der Waals surface area contributed by atoms with E-state index < -0.39 is 0 Å². The summed E-state index contributed by atoms with van der Waals surface area (Å²) in [7, 11) is 0. The Morgan fingerprint density at radius 3 is 0.500 bits per heavy atom. The predicted molar refractivity (Wildman–Crippen MR) is 62.9 cm³/mol. The molecular formula is C9H30HfO6. The molecule has 0 aliphatic rings. The molecular weight excluding hydrogens is 383 g/mol. The van der Waals surface area contributed by atoms with Gasteiger partial charge in [-0.3, -0.25) is 0 Å². The molecule has 0 aromatic heterocycles. The Morgan fingerprint density at radius 2 is 0.500 bits per heavy atom. The van der Waals surface area contributed by atoms with Gasteiger partial charge >= 0.3 is 0 Å². The Hall–Kier alpha value is 0.630. The zero-order valence-corrected chi connectivity index (χ0v) is 14.7. The minimum absolute atomic E-state index is 0. The average Bonchev–Trinajstić information content (AvgIpc) is 1.54. The summed E-state index contributed by atoms with van der Waals surface area (Å²) in [6.45, 7) is 10.3. The second-order valence-corrected chi connectivity index (χ2v) is 3.28. The van der Waals surface area contributed by atoms with Gasteiger partial charge in [0.25, 0.3) is 0 Å². The third-order valence-electron chi connectivity index (χ3n) is 0. The molecule has 0 fully saturated rings. The smallest absolute Gasteiger partial charge is 0.0483 e. The number of rotatable bonds is 0. The standard InChI is InChI=1S/3C3H8O.Hf.3H2O/c3*1-3(2)4;;;;/h3*3-4H,1-2H3;;3*1H2. The van der Waals surface area contributed by atoms with Crippen LogP contribution in [0, 0.1) is 0 Å². The molecule has 0 atom stereocenters.